The normalized spacial score (nSPS) is 10.9. The molecule has 0 bridgehead atoms. The minimum atomic E-state index is -0.382. The summed E-state index contributed by atoms with van der Waals surface area (Å²) in [5.41, 5.74) is 0.578. The predicted octanol–water partition coefficient (Wildman–Crippen LogP) is 8.90. The lowest BCUT2D eigenvalue weighted by molar-refractivity contribution is -0.142. The van der Waals surface area contributed by atoms with E-state index in [9.17, 15) is 9.59 Å². The van der Waals surface area contributed by atoms with Crippen LogP contribution >= 0.6 is 27.9 Å². The summed E-state index contributed by atoms with van der Waals surface area (Å²) in [6.07, 6.45) is 22.0. The van der Waals surface area contributed by atoms with Crippen molar-refractivity contribution in [3.05, 3.63) is 12.2 Å². The van der Waals surface area contributed by atoms with Gasteiger partial charge in [-0.2, -0.15) is 0 Å². The summed E-state index contributed by atoms with van der Waals surface area (Å²) in [5, 5.41) is 0.573. The van der Waals surface area contributed by atoms with Crippen LogP contribution in [0.5, 0.6) is 0 Å². The van der Waals surface area contributed by atoms with Gasteiger partial charge in [0.25, 0.3) is 0 Å². The molecule has 5 nitrogen and oxygen atoms in total. The van der Waals surface area contributed by atoms with Crippen molar-refractivity contribution in [2.45, 2.75) is 122 Å². The van der Waals surface area contributed by atoms with Crippen LogP contribution in [-0.2, 0) is 14.3 Å². The number of halogens is 1. The topological polar surface area (TPSA) is 64.6 Å². The van der Waals surface area contributed by atoms with Crippen LogP contribution in [-0.4, -0.2) is 36.4 Å². The van der Waals surface area contributed by atoms with Crippen LogP contribution in [0.1, 0.15) is 122 Å². The third-order valence-corrected chi connectivity index (χ3v) is 6.83. The number of unbranched alkanes of at least 4 members (excludes halogenated alkanes) is 15. The van der Waals surface area contributed by atoms with E-state index in [0.717, 1.165) is 49.5 Å². The number of ether oxygens (including phenoxy) is 2. The highest BCUT2D eigenvalue weighted by atomic mass is 79.9. The highest BCUT2D eigenvalue weighted by Crippen LogP contribution is 2.13. The Bertz CT molecular complexity index is 505. The molecule has 0 radical (unpaired) electrons. The van der Waals surface area contributed by atoms with Crippen LogP contribution in [0.4, 0.5) is 4.79 Å². The average molecular weight is 565 g/mol. The van der Waals surface area contributed by atoms with E-state index in [1.807, 2.05) is 0 Å². The fraction of sp³-hybridized carbons (Fsp3) is 0.852. The molecule has 0 aromatic carbocycles. The second-order valence-electron chi connectivity index (χ2n) is 9.04. The summed E-state index contributed by atoms with van der Waals surface area (Å²) in [6, 6.07) is 0. The smallest absolute Gasteiger partial charge is 0.382 e. The molecule has 0 saturated heterocycles. The summed E-state index contributed by atoms with van der Waals surface area (Å²) < 4.78 is 13.3. The van der Waals surface area contributed by atoms with E-state index in [1.165, 1.54) is 83.5 Å². The molecule has 0 unspecified atom stereocenters. The zero-order valence-electron chi connectivity index (χ0n) is 21.7. The van der Waals surface area contributed by atoms with E-state index >= 15 is 0 Å². The molecule has 0 spiro atoms. The molecule has 0 aliphatic heterocycles. The number of nitrogens with one attached hydrogen (secondary N) is 1. The highest BCUT2D eigenvalue weighted by molar-refractivity contribution is 9.09. The largest absolute Gasteiger partial charge is 0.461 e. The van der Waals surface area contributed by atoms with E-state index in [-0.39, 0.29) is 24.5 Å². The van der Waals surface area contributed by atoms with Crippen molar-refractivity contribution >= 4 is 39.1 Å². The molecule has 0 heterocycles. The predicted molar refractivity (Wildman–Crippen MR) is 150 cm³/mol. The van der Waals surface area contributed by atoms with Crippen LogP contribution in [0.15, 0.2) is 12.2 Å². The Morgan fingerprint density at radius 3 is 1.79 bits per heavy atom. The summed E-state index contributed by atoms with van der Waals surface area (Å²) in [5.74, 6) is -0.230. The number of carbonyl (C=O) groups excluding carboxylic acids is 2. The Kier molecular flexibility index (Phi) is 26.6. The van der Waals surface area contributed by atoms with Crippen molar-refractivity contribution in [1.29, 1.82) is 0 Å². The van der Waals surface area contributed by atoms with Gasteiger partial charge in [0, 0.05) is 30.2 Å². The Hall–Kier alpha value is -0.530. The van der Waals surface area contributed by atoms with Gasteiger partial charge in [0.15, 0.2) is 0 Å². The summed E-state index contributed by atoms with van der Waals surface area (Å²) in [6.45, 7) is 7.04. The van der Waals surface area contributed by atoms with Crippen LogP contribution in [0, 0.1) is 0 Å². The summed E-state index contributed by atoms with van der Waals surface area (Å²) >= 11 is 4.35. The molecule has 1 N–H and O–H groups in total. The molecule has 0 fully saturated rings. The van der Waals surface area contributed by atoms with Crippen LogP contribution < -0.4 is 4.72 Å². The zero-order chi connectivity index (χ0) is 25.1. The Morgan fingerprint density at radius 2 is 1.24 bits per heavy atom. The van der Waals surface area contributed by atoms with Crippen molar-refractivity contribution in [3.63, 3.8) is 0 Å². The maximum absolute atomic E-state index is 11.8. The maximum atomic E-state index is 11.8. The number of rotatable bonds is 25. The first-order valence-electron chi connectivity index (χ1n) is 13.5. The summed E-state index contributed by atoms with van der Waals surface area (Å²) in [7, 11) is 0. The number of esters is 1. The molecule has 0 atom stereocenters. The number of hydrogen-bond acceptors (Lipinski definition) is 6. The lowest BCUT2D eigenvalue weighted by Crippen LogP contribution is -2.14. The van der Waals surface area contributed by atoms with Gasteiger partial charge in [-0.05, 0) is 24.8 Å². The van der Waals surface area contributed by atoms with Gasteiger partial charge in [-0.25, -0.2) is 4.79 Å². The van der Waals surface area contributed by atoms with Gasteiger partial charge in [-0.15, -0.1) is 0 Å². The fourth-order valence-corrected chi connectivity index (χ4v) is 4.41. The molecular formula is C27H50BrNO4S. The van der Waals surface area contributed by atoms with E-state index in [2.05, 4.69) is 34.2 Å². The highest BCUT2D eigenvalue weighted by Gasteiger charge is 2.07. The lowest BCUT2D eigenvalue weighted by atomic mass is 10.0. The minimum Gasteiger partial charge on any atom is -0.461 e. The molecule has 34 heavy (non-hydrogen) atoms. The molecule has 0 rings (SSSR count). The van der Waals surface area contributed by atoms with Crippen LogP contribution in [0.25, 0.3) is 0 Å². The van der Waals surface area contributed by atoms with E-state index in [1.54, 1.807) is 0 Å². The fourth-order valence-electron chi connectivity index (χ4n) is 3.53. The van der Waals surface area contributed by atoms with Crippen molar-refractivity contribution in [2.24, 2.45) is 0 Å². The molecule has 200 valence electrons. The summed E-state index contributed by atoms with van der Waals surface area (Å²) in [4.78, 5) is 23.4. The number of hydrogen-bond donors (Lipinski definition) is 1. The average Bonchev–Trinajstić information content (AvgIpc) is 2.83. The minimum absolute atomic E-state index is 0.0727. The van der Waals surface area contributed by atoms with Gasteiger partial charge in [0.2, 0.25) is 0 Å². The molecule has 0 amide bonds. The molecule has 0 aliphatic rings. The monoisotopic (exact) mass is 563 g/mol. The third kappa shape index (κ3) is 26.1. The van der Waals surface area contributed by atoms with Crippen LogP contribution in [0.3, 0.4) is 0 Å². The lowest BCUT2D eigenvalue weighted by Gasteiger charge is -2.09. The van der Waals surface area contributed by atoms with Gasteiger partial charge < -0.3 is 9.47 Å². The molecule has 0 aliphatic carbocycles. The first kappa shape index (κ1) is 33.5. The Labute approximate surface area is 222 Å². The Balaban J connectivity index is 3.35. The van der Waals surface area contributed by atoms with Gasteiger partial charge >= 0.3 is 11.3 Å². The second kappa shape index (κ2) is 27.1. The number of alkyl halides is 1. The molecule has 0 saturated carbocycles. The Morgan fingerprint density at radius 1 is 0.735 bits per heavy atom. The van der Waals surface area contributed by atoms with E-state index in [4.69, 9.17) is 9.47 Å². The quantitative estimate of drug-likeness (QED) is 0.0393. The first-order chi connectivity index (χ1) is 16.6. The van der Waals surface area contributed by atoms with Crippen molar-refractivity contribution in [3.8, 4) is 0 Å². The second-order valence-corrected chi connectivity index (χ2v) is 10.7. The third-order valence-electron chi connectivity index (χ3n) is 5.63. The first-order valence-corrected chi connectivity index (χ1v) is 15.5. The SMILES string of the molecule is C=C(COC(=O)CCCCCBr)COC(=O)SNCCCCCCCCCCCCCCCC. The van der Waals surface area contributed by atoms with Gasteiger partial charge in [0.1, 0.15) is 13.2 Å². The van der Waals surface area contributed by atoms with E-state index in [0.29, 0.717) is 12.0 Å². The van der Waals surface area contributed by atoms with Crippen molar-refractivity contribution in [2.75, 3.05) is 25.1 Å². The van der Waals surface area contributed by atoms with Crippen LogP contribution in [0.2, 0.25) is 0 Å². The molecule has 0 aromatic rings. The van der Waals surface area contributed by atoms with Gasteiger partial charge in [-0.1, -0.05) is 119 Å². The molecular weight excluding hydrogens is 514 g/mol. The maximum Gasteiger partial charge on any atom is 0.382 e. The van der Waals surface area contributed by atoms with Gasteiger partial charge in [0.05, 0.1) is 0 Å². The van der Waals surface area contributed by atoms with E-state index < -0.39 is 0 Å². The van der Waals surface area contributed by atoms with Gasteiger partial charge in [-0.3, -0.25) is 9.52 Å². The number of carbonyl (C=O) groups is 2. The van der Waals surface area contributed by atoms with Crippen molar-refractivity contribution < 1.29 is 19.1 Å². The molecule has 0 aromatic heterocycles. The zero-order valence-corrected chi connectivity index (χ0v) is 24.1. The van der Waals surface area contributed by atoms with Crippen molar-refractivity contribution in [1.82, 2.24) is 4.72 Å². The standard InChI is InChI=1S/C27H50BrNO4S/c1-3-4-5-6-7-8-9-10-11-12-13-14-15-19-22-29-34-27(31)33-24-25(2)23-32-26(30)20-17-16-18-21-28/h29H,2-24H2,1H3. The molecule has 7 heteroatoms.